The number of aromatic nitrogens is 3. The van der Waals surface area contributed by atoms with Crippen molar-refractivity contribution in [2.75, 3.05) is 31.6 Å². The van der Waals surface area contributed by atoms with Gasteiger partial charge in [-0.15, -0.1) is 21.5 Å². The number of anilines is 1. The zero-order valence-electron chi connectivity index (χ0n) is 16.2. The van der Waals surface area contributed by atoms with E-state index in [-0.39, 0.29) is 5.91 Å². The fraction of sp³-hybridized carbons (Fsp3) is 0.400. The smallest absolute Gasteiger partial charge is 0.341 e. The third-order valence-electron chi connectivity index (χ3n) is 5.07. The van der Waals surface area contributed by atoms with Gasteiger partial charge in [0.05, 0.1) is 18.7 Å². The van der Waals surface area contributed by atoms with Crippen LogP contribution in [0.1, 0.15) is 41.9 Å². The highest BCUT2D eigenvalue weighted by atomic mass is 32.1. The van der Waals surface area contributed by atoms with Gasteiger partial charge < -0.3 is 10.1 Å². The van der Waals surface area contributed by atoms with Crippen LogP contribution in [0.25, 0.3) is 5.65 Å². The van der Waals surface area contributed by atoms with E-state index < -0.39 is 5.97 Å². The van der Waals surface area contributed by atoms with Crippen molar-refractivity contribution in [1.82, 2.24) is 19.5 Å². The third kappa shape index (κ3) is 4.30. The Morgan fingerprint density at radius 2 is 2.07 bits per heavy atom. The minimum atomic E-state index is -0.412. The Kier molecular flexibility index (Phi) is 5.86. The number of piperidine rings is 1. The number of thiophene rings is 1. The Bertz CT molecular complexity index is 1010. The molecule has 0 aromatic carbocycles. The molecular formula is C20H23N5O3S. The molecule has 0 unspecified atom stereocenters. The summed E-state index contributed by atoms with van der Waals surface area (Å²) >= 11 is 1.32. The van der Waals surface area contributed by atoms with Crippen LogP contribution in [0.3, 0.4) is 0 Å². The summed E-state index contributed by atoms with van der Waals surface area (Å²) in [6.45, 7) is 3.99. The average molecular weight is 414 g/mol. The molecule has 0 spiro atoms. The van der Waals surface area contributed by atoms with Crippen LogP contribution in [0.5, 0.6) is 0 Å². The van der Waals surface area contributed by atoms with Gasteiger partial charge >= 0.3 is 5.97 Å². The van der Waals surface area contributed by atoms with Crippen LogP contribution in [0.2, 0.25) is 0 Å². The van der Waals surface area contributed by atoms with E-state index in [9.17, 15) is 9.59 Å². The van der Waals surface area contributed by atoms with Gasteiger partial charge in [-0.25, -0.2) is 4.79 Å². The third-order valence-corrected chi connectivity index (χ3v) is 5.90. The van der Waals surface area contributed by atoms with Gasteiger partial charge in [0.2, 0.25) is 5.91 Å². The first-order valence-electron chi connectivity index (χ1n) is 9.72. The van der Waals surface area contributed by atoms with Crippen LogP contribution in [-0.4, -0.2) is 57.6 Å². The molecule has 1 aliphatic rings. The van der Waals surface area contributed by atoms with Crippen molar-refractivity contribution in [1.29, 1.82) is 0 Å². The van der Waals surface area contributed by atoms with Crippen molar-refractivity contribution >= 4 is 33.9 Å². The maximum Gasteiger partial charge on any atom is 0.341 e. The topological polar surface area (TPSA) is 88.8 Å². The highest BCUT2D eigenvalue weighted by Gasteiger charge is 2.26. The van der Waals surface area contributed by atoms with Crippen LogP contribution in [-0.2, 0) is 9.53 Å². The van der Waals surface area contributed by atoms with Crippen LogP contribution in [0, 0.1) is 0 Å². The summed E-state index contributed by atoms with van der Waals surface area (Å²) < 4.78 is 7.07. The Morgan fingerprint density at radius 1 is 1.24 bits per heavy atom. The van der Waals surface area contributed by atoms with Crippen molar-refractivity contribution in [2.24, 2.45) is 0 Å². The quantitative estimate of drug-likeness (QED) is 0.625. The molecule has 4 heterocycles. The Hall–Kier alpha value is -2.78. The molecule has 1 saturated heterocycles. The molecule has 0 saturated carbocycles. The zero-order chi connectivity index (χ0) is 20.2. The number of ether oxygens (including phenoxy) is 1. The van der Waals surface area contributed by atoms with E-state index in [4.69, 9.17) is 4.74 Å². The predicted octanol–water partition coefficient (Wildman–Crippen LogP) is 2.79. The van der Waals surface area contributed by atoms with Gasteiger partial charge in [0.1, 0.15) is 10.8 Å². The highest BCUT2D eigenvalue weighted by molar-refractivity contribution is 7.14. The number of fused-ring (bicyclic) bond motifs is 1. The number of hydrogen-bond acceptors (Lipinski definition) is 7. The fourth-order valence-corrected chi connectivity index (χ4v) is 4.42. The average Bonchev–Trinajstić information content (AvgIpc) is 3.36. The van der Waals surface area contributed by atoms with Gasteiger partial charge in [0.25, 0.3) is 0 Å². The number of pyridine rings is 1. The lowest BCUT2D eigenvalue weighted by Gasteiger charge is -2.30. The second-order valence-electron chi connectivity index (χ2n) is 6.97. The van der Waals surface area contributed by atoms with E-state index in [1.807, 2.05) is 28.8 Å². The summed E-state index contributed by atoms with van der Waals surface area (Å²) in [6, 6.07) is 7.56. The molecule has 1 N–H and O–H groups in total. The summed E-state index contributed by atoms with van der Waals surface area (Å²) in [5.74, 6) is 0.788. The summed E-state index contributed by atoms with van der Waals surface area (Å²) in [5, 5.41) is 13.8. The largest absolute Gasteiger partial charge is 0.462 e. The van der Waals surface area contributed by atoms with Crippen LogP contribution >= 0.6 is 11.3 Å². The second-order valence-corrected chi connectivity index (χ2v) is 7.89. The summed E-state index contributed by atoms with van der Waals surface area (Å²) in [6.07, 6.45) is 3.85. The maximum absolute atomic E-state index is 12.5. The summed E-state index contributed by atoms with van der Waals surface area (Å²) in [4.78, 5) is 26.6. The molecule has 1 fully saturated rings. The molecule has 4 rings (SSSR count). The standard InChI is InChI=1S/C20H23N5O3S/c1-2-28-20(27)15-8-12-29-19(15)21-17(26)13-24-10-6-14(7-11-24)18-23-22-16-5-3-4-9-25(16)18/h3-5,8-9,12,14H,2,6-7,10-11,13H2,1H3,(H,21,26). The van der Waals surface area contributed by atoms with Crippen molar-refractivity contribution in [2.45, 2.75) is 25.7 Å². The number of likely N-dealkylation sites (tertiary alicyclic amines) is 1. The molecule has 8 nitrogen and oxygen atoms in total. The monoisotopic (exact) mass is 413 g/mol. The van der Waals surface area contributed by atoms with E-state index in [1.165, 1.54) is 11.3 Å². The number of nitrogens with zero attached hydrogens (tertiary/aromatic N) is 4. The van der Waals surface area contributed by atoms with Crippen LogP contribution in [0.15, 0.2) is 35.8 Å². The van der Waals surface area contributed by atoms with E-state index in [2.05, 4.69) is 20.4 Å². The Morgan fingerprint density at radius 3 is 2.86 bits per heavy atom. The molecule has 0 aliphatic carbocycles. The van der Waals surface area contributed by atoms with E-state index in [1.54, 1.807) is 18.4 Å². The molecule has 0 radical (unpaired) electrons. The first kappa shape index (κ1) is 19.5. The second kappa shape index (κ2) is 8.71. The van der Waals surface area contributed by atoms with E-state index in [0.717, 1.165) is 37.4 Å². The van der Waals surface area contributed by atoms with Crippen molar-refractivity contribution < 1.29 is 14.3 Å². The number of rotatable bonds is 6. The number of carbonyl (C=O) groups excluding carboxylic acids is 2. The number of amides is 1. The lowest BCUT2D eigenvalue weighted by Crippen LogP contribution is -2.39. The lowest BCUT2D eigenvalue weighted by molar-refractivity contribution is -0.117. The van der Waals surface area contributed by atoms with Crippen LogP contribution in [0.4, 0.5) is 5.00 Å². The summed E-state index contributed by atoms with van der Waals surface area (Å²) in [5.41, 5.74) is 1.26. The molecule has 1 aliphatic heterocycles. The summed E-state index contributed by atoms with van der Waals surface area (Å²) in [7, 11) is 0. The molecule has 9 heteroatoms. The lowest BCUT2D eigenvalue weighted by atomic mass is 9.96. The minimum absolute atomic E-state index is 0.121. The molecule has 1 amide bonds. The van der Waals surface area contributed by atoms with Gasteiger partial charge in [-0.2, -0.15) is 0 Å². The maximum atomic E-state index is 12.5. The number of nitrogens with one attached hydrogen (secondary N) is 1. The molecule has 152 valence electrons. The van der Waals surface area contributed by atoms with Gasteiger partial charge in [0, 0.05) is 12.1 Å². The van der Waals surface area contributed by atoms with Gasteiger partial charge in [-0.3, -0.25) is 14.1 Å². The molecule has 3 aromatic heterocycles. The molecule has 0 atom stereocenters. The van der Waals surface area contributed by atoms with Crippen molar-refractivity contribution in [3.63, 3.8) is 0 Å². The number of hydrogen-bond donors (Lipinski definition) is 1. The van der Waals surface area contributed by atoms with E-state index in [0.29, 0.717) is 29.6 Å². The van der Waals surface area contributed by atoms with E-state index >= 15 is 0 Å². The molecule has 0 bridgehead atoms. The van der Waals surface area contributed by atoms with Crippen LogP contribution < -0.4 is 5.32 Å². The Labute approximate surface area is 172 Å². The number of carbonyl (C=O) groups is 2. The Balaban J connectivity index is 1.31. The van der Waals surface area contributed by atoms with Gasteiger partial charge in [0.15, 0.2) is 5.65 Å². The first-order valence-corrected chi connectivity index (χ1v) is 10.6. The van der Waals surface area contributed by atoms with Gasteiger partial charge in [-0.1, -0.05) is 6.07 Å². The van der Waals surface area contributed by atoms with Crippen molar-refractivity contribution in [3.8, 4) is 0 Å². The normalized spacial score (nSPS) is 15.5. The zero-order valence-corrected chi connectivity index (χ0v) is 17.0. The predicted molar refractivity (Wildman–Crippen MR) is 110 cm³/mol. The molecule has 29 heavy (non-hydrogen) atoms. The minimum Gasteiger partial charge on any atom is -0.462 e. The highest BCUT2D eigenvalue weighted by Crippen LogP contribution is 2.27. The fourth-order valence-electron chi connectivity index (χ4n) is 3.63. The first-order chi connectivity index (χ1) is 14.2. The molecular weight excluding hydrogens is 390 g/mol. The molecule has 3 aromatic rings. The number of esters is 1. The van der Waals surface area contributed by atoms with Gasteiger partial charge in [-0.05, 0) is 56.4 Å². The van der Waals surface area contributed by atoms with Crippen molar-refractivity contribution in [3.05, 3.63) is 47.2 Å². The SMILES string of the molecule is CCOC(=O)c1ccsc1NC(=O)CN1CCC(c2nnc3ccccn23)CC1.